The van der Waals surface area contributed by atoms with Crippen LogP contribution in [0.4, 0.5) is 0 Å². The molecular weight excluding hydrogens is 492 g/mol. The zero-order valence-electron chi connectivity index (χ0n) is 20.4. The second kappa shape index (κ2) is 11.8. The number of nitroso groups, excluding NO2 is 1. The number of rotatable bonds is 9. The van der Waals surface area contributed by atoms with Crippen molar-refractivity contribution in [2.75, 3.05) is 19.8 Å². The van der Waals surface area contributed by atoms with Crippen LogP contribution in [0.15, 0.2) is 88.0 Å². The number of nitrogens with zero attached hydrogens (tertiary/aromatic N) is 4. The number of nitrogens with two attached hydrogens (primary N) is 1. The molecule has 10 nitrogen and oxygen atoms in total. The van der Waals surface area contributed by atoms with E-state index >= 15 is 0 Å². The molecule has 0 aromatic heterocycles. The summed E-state index contributed by atoms with van der Waals surface area (Å²) in [6, 6.07) is 20.1. The van der Waals surface area contributed by atoms with Crippen molar-refractivity contribution in [1.82, 2.24) is 14.6 Å². The van der Waals surface area contributed by atoms with E-state index in [0.717, 1.165) is 39.9 Å². The third-order valence-electron chi connectivity index (χ3n) is 6.34. The van der Waals surface area contributed by atoms with E-state index in [4.69, 9.17) is 5.73 Å². The van der Waals surface area contributed by atoms with Gasteiger partial charge in [0.15, 0.2) is 6.67 Å². The lowest BCUT2D eigenvalue weighted by molar-refractivity contribution is -0.135. The van der Waals surface area contributed by atoms with Crippen LogP contribution >= 0.6 is 0 Å². The highest BCUT2D eigenvalue weighted by atomic mass is 32.2. The van der Waals surface area contributed by atoms with Gasteiger partial charge in [-0.15, -0.1) is 10.0 Å². The lowest BCUT2D eigenvalue weighted by Gasteiger charge is -2.36. The lowest BCUT2D eigenvalue weighted by atomic mass is 10.0. The van der Waals surface area contributed by atoms with Gasteiger partial charge in [-0.2, -0.15) is 0 Å². The van der Waals surface area contributed by atoms with Crippen molar-refractivity contribution in [2.45, 2.75) is 36.6 Å². The van der Waals surface area contributed by atoms with Gasteiger partial charge in [0.25, 0.3) is 10.0 Å². The Labute approximate surface area is 216 Å². The number of fused-ring (bicyclic) bond motifs is 1. The van der Waals surface area contributed by atoms with Crippen LogP contribution in [0.3, 0.4) is 0 Å². The summed E-state index contributed by atoms with van der Waals surface area (Å²) in [5.74, 6) is -0.803. The molecule has 37 heavy (non-hydrogen) atoms. The van der Waals surface area contributed by atoms with E-state index in [0.29, 0.717) is 13.1 Å². The van der Waals surface area contributed by atoms with Crippen LogP contribution < -0.4 is 11.2 Å². The summed E-state index contributed by atoms with van der Waals surface area (Å²) in [6.45, 7) is 0.671. The number of likely N-dealkylation sites (tertiary alicyclic amines) is 1. The Morgan fingerprint density at radius 3 is 2.35 bits per heavy atom. The minimum atomic E-state index is -4.35. The van der Waals surface area contributed by atoms with Crippen molar-refractivity contribution in [3.63, 3.8) is 0 Å². The molecule has 1 amide bonds. The normalized spacial score (nSPS) is 15.2. The van der Waals surface area contributed by atoms with Gasteiger partial charge in [-0.1, -0.05) is 60.7 Å². The standard InChI is InChI=1S/C26H30N6O4S/c27-26(30-28-19-29-34)32(37(35,36)23-14-13-21-11-5-6-12-22(21)18-23)24(17-20-9-3-1-4-10-20)25(33)31-15-7-2-8-16-31/h1,3-6,9-14,18,24,28H,2,7-8,15-17,19H2,(H2,27,30)/t24-/m0/s1. The highest BCUT2D eigenvalue weighted by Gasteiger charge is 2.40. The minimum absolute atomic E-state index is 0.0256. The SMILES string of the molecule is NC(=NNCN=O)N([C@@H](Cc1ccccc1)C(=O)N1CCCCC1)S(=O)(=O)c1ccc2ccccc2c1. The van der Waals surface area contributed by atoms with Gasteiger partial charge in [-0.05, 0) is 52.9 Å². The molecule has 1 aliphatic rings. The fourth-order valence-corrected chi connectivity index (χ4v) is 6.05. The number of hydrogen-bond acceptors (Lipinski definition) is 7. The molecule has 1 heterocycles. The molecule has 1 saturated heterocycles. The zero-order valence-corrected chi connectivity index (χ0v) is 21.2. The van der Waals surface area contributed by atoms with Gasteiger partial charge in [0.2, 0.25) is 11.9 Å². The van der Waals surface area contributed by atoms with Crippen LogP contribution in [0.25, 0.3) is 10.8 Å². The molecule has 0 saturated carbocycles. The monoisotopic (exact) mass is 522 g/mol. The summed E-state index contributed by atoms with van der Waals surface area (Å²) in [4.78, 5) is 26.1. The van der Waals surface area contributed by atoms with E-state index in [1.807, 2.05) is 54.6 Å². The average molecular weight is 523 g/mol. The van der Waals surface area contributed by atoms with Crippen LogP contribution in [0, 0.1) is 4.91 Å². The molecule has 4 rings (SSSR count). The first-order valence-corrected chi connectivity index (χ1v) is 13.6. The fraction of sp³-hybridized carbons (Fsp3) is 0.308. The number of carbonyl (C=O) groups is 1. The van der Waals surface area contributed by atoms with Crippen LogP contribution in [0.1, 0.15) is 24.8 Å². The number of hydrazone groups is 1. The van der Waals surface area contributed by atoms with Crippen LogP contribution in [-0.2, 0) is 21.2 Å². The third-order valence-corrected chi connectivity index (χ3v) is 8.15. The minimum Gasteiger partial charge on any atom is -0.367 e. The number of guanidine groups is 1. The van der Waals surface area contributed by atoms with Crippen molar-refractivity contribution in [1.29, 1.82) is 0 Å². The fourth-order valence-electron chi connectivity index (χ4n) is 4.52. The Morgan fingerprint density at radius 2 is 1.65 bits per heavy atom. The number of benzene rings is 3. The molecule has 11 heteroatoms. The number of hydrogen-bond donors (Lipinski definition) is 2. The first-order chi connectivity index (χ1) is 17.9. The lowest BCUT2D eigenvalue weighted by Crippen LogP contribution is -2.57. The molecule has 0 unspecified atom stereocenters. The Balaban J connectivity index is 1.83. The summed E-state index contributed by atoms with van der Waals surface area (Å²) in [5.41, 5.74) is 9.37. The number of carbonyl (C=O) groups excluding carboxylic acids is 1. The van der Waals surface area contributed by atoms with Crippen molar-refractivity contribution in [3.05, 3.63) is 83.3 Å². The predicted octanol–water partition coefficient (Wildman–Crippen LogP) is 3.00. The van der Waals surface area contributed by atoms with Crippen molar-refractivity contribution in [2.24, 2.45) is 16.0 Å². The highest BCUT2D eigenvalue weighted by Crippen LogP contribution is 2.26. The van der Waals surface area contributed by atoms with E-state index in [-0.39, 0.29) is 17.2 Å². The Bertz CT molecular complexity index is 1370. The Morgan fingerprint density at radius 1 is 0.973 bits per heavy atom. The van der Waals surface area contributed by atoms with Gasteiger partial charge in [0, 0.05) is 19.5 Å². The largest absolute Gasteiger partial charge is 0.367 e. The van der Waals surface area contributed by atoms with Gasteiger partial charge in [-0.3, -0.25) is 10.2 Å². The first kappa shape index (κ1) is 26.1. The zero-order chi connectivity index (χ0) is 26.3. The quantitative estimate of drug-likeness (QED) is 0.146. The maximum absolute atomic E-state index is 14.2. The van der Waals surface area contributed by atoms with Crippen LogP contribution in [-0.4, -0.2) is 55.3 Å². The molecule has 1 aliphatic heterocycles. The summed E-state index contributed by atoms with van der Waals surface area (Å²) >= 11 is 0. The second-order valence-corrected chi connectivity index (χ2v) is 10.6. The van der Waals surface area contributed by atoms with E-state index in [9.17, 15) is 18.1 Å². The van der Waals surface area contributed by atoms with Gasteiger partial charge in [0.05, 0.1) is 4.90 Å². The smallest absolute Gasteiger partial charge is 0.267 e. The van der Waals surface area contributed by atoms with Crippen LogP contribution in [0.5, 0.6) is 0 Å². The van der Waals surface area contributed by atoms with Crippen molar-refractivity contribution < 1.29 is 13.2 Å². The summed E-state index contributed by atoms with van der Waals surface area (Å²) < 4.78 is 29.2. The van der Waals surface area contributed by atoms with E-state index in [1.165, 1.54) is 6.07 Å². The van der Waals surface area contributed by atoms with E-state index in [1.54, 1.807) is 17.0 Å². The molecular formula is C26H30N6O4S. The van der Waals surface area contributed by atoms with Gasteiger partial charge < -0.3 is 10.6 Å². The molecule has 3 aromatic carbocycles. The average Bonchev–Trinajstić information content (AvgIpc) is 2.93. The van der Waals surface area contributed by atoms with Crippen molar-refractivity contribution >= 4 is 32.7 Å². The topological polar surface area (TPSA) is 138 Å². The maximum atomic E-state index is 14.2. The molecule has 0 bridgehead atoms. The number of sulfonamides is 1. The second-order valence-electron chi connectivity index (χ2n) is 8.82. The van der Waals surface area contributed by atoms with Gasteiger partial charge in [-0.25, -0.2) is 12.7 Å². The van der Waals surface area contributed by atoms with Crippen molar-refractivity contribution in [3.8, 4) is 0 Å². The molecule has 3 aromatic rings. The molecule has 1 fully saturated rings. The van der Waals surface area contributed by atoms with Crippen LogP contribution in [0.2, 0.25) is 0 Å². The maximum Gasteiger partial charge on any atom is 0.267 e. The molecule has 194 valence electrons. The van der Waals surface area contributed by atoms with Gasteiger partial charge in [0.1, 0.15) is 6.04 Å². The number of amides is 1. The first-order valence-electron chi connectivity index (χ1n) is 12.1. The van der Waals surface area contributed by atoms with E-state index < -0.39 is 28.7 Å². The Hall–Kier alpha value is -3.99. The van der Waals surface area contributed by atoms with Gasteiger partial charge >= 0.3 is 0 Å². The molecule has 1 atom stereocenters. The number of nitrogens with one attached hydrogen (secondary N) is 1. The summed E-state index contributed by atoms with van der Waals surface area (Å²) in [5, 5.41) is 8.16. The van der Waals surface area contributed by atoms with E-state index in [2.05, 4.69) is 15.7 Å². The molecule has 0 aliphatic carbocycles. The third kappa shape index (κ3) is 6.05. The highest BCUT2D eigenvalue weighted by molar-refractivity contribution is 7.89. The number of piperidine rings is 1. The predicted molar refractivity (Wildman–Crippen MR) is 143 cm³/mol. The molecule has 0 radical (unpaired) electrons. The molecule has 0 spiro atoms. The summed E-state index contributed by atoms with van der Waals surface area (Å²) in [7, 11) is -4.35. The molecule has 3 N–H and O–H groups in total. The summed E-state index contributed by atoms with van der Waals surface area (Å²) in [6.07, 6.45) is 2.79. The Kier molecular flexibility index (Phi) is 8.34.